The molecule has 1 aromatic heterocycles. The molecule has 0 amide bonds. The van der Waals surface area contributed by atoms with Crippen LogP contribution < -0.4 is 5.32 Å². The maximum Gasteiger partial charge on any atom is 0.0946 e. The van der Waals surface area contributed by atoms with Crippen molar-refractivity contribution >= 4 is 0 Å². The van der Waals surface area contributed by atoms with Gasteiger partial charge >= 0.3 is 0 Å². The maximum absolute atomic E-state index is 4.16. The predicted octanol–water partition coefficient (Wildman–Crippen LogP) is 3.71. The highest BCUT2D eigenvalue weighted by Gasteiger charge is 2.30. The molecular weight excluding hydrogens is 246 g/mol. The molecule has 2 rings (SSSR count). The highest BCUT2D eigenvalue weighted by atomic mass is 15.1. The highest BCUT2D eigenvalue weighted by Crippen LogP contribution is 2.31. The standard InChI is InChI=1S/C17H31N3/c1-13-6-7-15(10-14(13)2)19-16(17(3,4)5)11-20-9-8-18-12-20/h8-9,12-16,19H,6-7,10-11H2,1-5H3. The first-order valence-electron chi connectivity index (χ1n) is 8.08. The molecule has 0 aliphatic heterocycles. The number of hydrogen-bond acceptors (Lipinski definition) is 2. The number of imidazole rings is 1. The van der Waals surface area contributed by atoms with Gasteiger partial charge in [0.15, 0.2) is 0 Å². The van der Waals surface area contributed by atoms with Crippen molar-refractivity contribution in [1.82, 2.24) is 14.9 Å². The molecule has 0 radical (unpaired) electrons. The Morgan fingerprint density at radius 1 is 1.25 bits per heavy atom. The lowest BCUT2D eigenvalue weighted by Gasteiger charge is -2.39. The summed E-state index contributed by atoms with van der Waals surface area (Å²) >= 11 is 0. The third-order valence-electron chi connectivity index (χ3n) is 5.03. The van der Waals surface area contributed by atoms with E-state index in [1.54, 1.807) is 0 Å². The van der Waals surface area contributed by atoms with Crippen LogP contribution in [0, 0.1) is 17.3 Å². The minimum absolute atomic E-state index is 0.260. The van der Waals surface area contributed by atoms with Crippen LogP contribution in [0.15, 0.2) is 18.7 Å². The molecular formula is C17H31N3. The zero-order valence-corrected chi connectivity index (χ0v) is 13.8. The highest BCUT2D eigenvalue weighted by molar-refractivity contribution is 4.89. The van der Waals surface area contributed by atoms with Crippen molar-refractivity contribution in [2.45, 2.75) is 72.5 Å². The molecule has 1 aliphatic carbocycles. The van der Waals surface area contributed by atoms with Gasteiger partial charge in [-0.2, -0.15) is 0 Å². The quantitative estimate of drug-likeness (QED) is 0.909. The first kappa shape index (κ1) is 15.6. The average molecular weight is 277 g/mol. The van der Waals surface area contributed by atoms with Crippen LogP contribution >= 0.6 is 0 Å². The zero-order chi connectivity index (χ0) is 14.8. The SMILES string of the molecule is CC1CCC(NC(Cn2ccnc2)C(C)(C)C)CC1C. The van der Waals surface area contributed by atoms with E-state index in [0.29, 0.717) is 12.1 Å². The average Bonchev–Trinajstić information content (AvgIpc) is 2.85. The monoisotopic (exact) mass is 277 g/mol. The van der Waals surface area contributed by atoms with Crippen molar-refractivity contribution in [3.8, 4) is 0 Å². The summed E-state index contributed by atoms with van der Waals surface area (Å²) in [7, 11) is 0. The molecule has 0 saturated heterocycles. The molecule has 1 fully saturated rings. The number of nitrogens with one attached hydrogen (secondary N) is 1. The Labute approximate surface area is 124 Å². The van der Waals surface area contributed by atoms with Gasteiger partial charge in [0, 0.05) is 31.0 Å². The van der Waals surface area contributed by atoms with Crippen molar-refractivity contribution in [2.24, 2.45) is 17.3 Å². The number of nitrogens with zero attached hydrogens (tertiary/aromatic N) is 2. The van der Waals surface area contributed by atoms with Crippen molar-refractivity contribution in [1.29, 1.82) is 0 Å². The Balaban J connectivity index is 1.97. The number of aromatic nitrogens is 2. The van der Waals surface area contributed by atoms with Gasteiger partial charge in [-0.1, -0.05) is 34.6 Å². The largest absolute Gasteiger partial charge is 0.336 e. The molecule has 0 spiro atoms. The zero-order valence-electron chi connectivity index (χ0n) is 13.8. The summed E-state index contributed by atoms with van der Waals surface area (Å²) in [5, 5.41) is 3.94. The van der Waals surface area contributed by atoms with Crippen LogP contribution in [-0.2, 0) is 6.54 Å². The summed E-state index contributed by atoms with van der Waals surface area (Å²) < 4.78 is 2.19. The van der Waals surface area contributed by atoms with Gasteiger partial charge in [0.05, 0.1) is 6.33 Å². The lowest BCUT2D eigenvalue weighted by Crippen LogP contribution is -2.50. The lowest BCUT2D eigenvalue weighted by molar-refractivity contribution is 0.166. The third-order valence-corrected chi connectivity index (χ3v) is 5.03. The first-order chi connectivity index (χ1) is 9.36. The topological polar surface area (TPSA) is 29.9 Å². The van der Waals surface area contributed by atoms with E-state index in [0.717, 1.165) is 18.4 Å². The van der Waals surface area contributed by atoms with E-state index in [4.69, 9.17) is 0 Å². The molecule has 1 heterocycles. The second-order valence-corrected chi connectivity index (χ2v) is 7.81. The fourth-order valence-corrected chi connectivity index (χ4v) is 3.17. The smallest absolute Gasteiger partial charge is 0.0946 e. The molecule has 3 nitrogen and oxygen atoms in total. The summed E-state index contributed by atoms with van der Waals surface area (Å²) in [5.74, 6) is 1.73. The molecule has 4 atom stereocenters. The minimum atomic E-state index is 0.260. The maximum atomic E-state index is 4.16. The summed E-state index contributed by atoms with van der Waals surface area (Å²) in [6, 6.07) is 1.16. The van der Waals surface area contributed by atoms with Gasteiger partial charge in [-0.15, -0.1) is 0 Å². The van der Waals surface area contributed by atoms with Crippen LogP contribution in [-0.4, -0.2) is 21.6 Å². The van der Waals surface area contributed by atoms with E-state index < -0.39 is 0 Å². The van der Waals surface area contributed by atoms with Gasteiger partial charge < -0.3 is 9.88 Å². The Morgan fingerprint density at radius 3 is 2.55 bits per heavy atom. The normalized spacial score (nSPS) is 29.4. The summed E-state index contributed by atoms with van der Waals surface area (Å²) in [4.78, 5) is 4.16. The predicted molar refractivity (Wildman–Crippen MR) is 84.6 cm³/mol. The van der Waals surface area contributed by atoms with Crippen LogP contribution in [0.3, 0.4) is 0 Å². The molecule has 3 heteroatoms. The molecule has 1 aliphatic rings. The number of rotatable bonds is 4. The summed E-state index contributed by atoms with van der Waals surface area (Å²) in [5.41, 5.74) is 0.260. The van der Waals surface area contributed by atoms with E-state index in [1.165, 1.54) is 19.3 Å². The van der Waals surface area contributed by atoms with Gasteiger partial charge in [0.2, 0.25) is 0 Å². The second-order valence-electron chi connectivity index (χ2n) is 7.81. The lowest BCUT2D eigenvalue weighted by atomic mass is 9.78. The van der Waals surface area contributed by atoms with Gasteiger partial charge in [0.25, 0.3) is 0 Å². The van der Waals surface area contributed by atoms with E-state index >= 15 is 0 Å². The molecule has 0 aromatic carbocycles. The Kier molecular flexibility index (Phi) is 4.90. The Hall–Kier alpha value is -0.830. The molecule has 1 saturated carbocycles. The molecule has 1 aromatic rings. The van der Waals surface area contributed by atoms with Crippen LogP contribution in [0.5, 0.6) is 0 Å². The molecule has 1 N–H and O–H groups in total. The van der Waals surface area contributed by atoms with E-state index in [1.807, 2.05) is 12.5 Å². The molecule has 114 valence electrons. The first-order valence-corrected chi connectivity index (χ1v) is 8.08. The summed E-state index contributed by atoms with van der Waals surface area (Å²) in [6.07, 6.45) is 9.85. The Bertz CT molecular complexity index is 391. The van der Waals surface area contributed by atoms with Gasteiger partial charge in [-0.05, 0) is 36.5 Å². The minimum Gasteiger partial charge on any atom is -0.336 e. The molecule has 20 heavy (non-hydrogen) atoms. The third kappa shape index (κ3) is 4.08. The van der Waals surface area contributed by atoms with Gasteiger partial charge in [0.1, 0.15) is 0 Å². The van der Waals surface area contributed by atoms with Crippen LogP contribution in [0.2, 0.25) is 0 Å². The van der Waals surface area contributed by atoms with Crippen LogP contribution in [0.4, 0.5) is 0 Å². The van der Waals surface area contributed by atoms with Crippen LogP contribution in [0.25, 0.3) is 0 Å². The van der Waals surface area contributed by atoms with E-state index in [-0.39, 0.29) is 5.41 Å². The van der Waals surface area contributed by atoms with Gasteiger partial charge in [-0.25, -0.2) is 4.98 Å². The Morgan fingerprint density at radius 2 is 2.00 bits per heavy atom. The van der Waals surface area contributed by atoms with Crippen molar-refractivity contribution in [2.75, 3.05) is 0 Å². The van der Waals surface area contributed by atoms with Crippen molar-refractivity contribution < 1.29 is 0 Å². The molecule has 0 bridgehead atoms. The van der Waals surface area contributed by atoms with Crippen LogP contribution in [0.1, 0.15) is 53.9 Å². The van der Waals surface area contributed by atoms with E-state index in [9.17, 15) is 0 Å². The fourth-order valence-electron chi connectivity index (χ4n) is 3.17. The second kappa shape index (κ2) is 6.30. The van der Waals surface area contributed by atoms with Crippen molar-refractivity contribution in [3.05, 3.63) is 18.7 Å². The molecule has 4 unspecified atom stereocenters. The fraction of sp³-hybridized carbons (Fsp3) is 0.824. The summed E-state index contributed by atoms with van der Waals surface area (Å²) in [6.45, 7) is 12.8. The van der Waals surface area contributed by atoms with E-state index in [2.05, 4.69) is 55.7 Å². The van der Waals surface area contributed by atoms with Gasteiger partial charge in [-0.3, -0.25) is 0 Å². The van der Waals surface area contributed by atoms with Crippen molar-refractivity contribution in [3.63, 3.8) is 0 Å². The number of hydrogen-bond donors (Lipinski definition) is 1.